The molecular formula is C41H51O5Si. The molecule has 1 aliphatic carbocycles. The summed E-state index contributed by atoms with van der Waals surface area (Å²) in [5, 5.41) is 2.17. The number of allylic oxidation sites excluding steroid dienone is 2. The maximum Gasteiger partial charge on any atom is 0.305 e. The van der Waals surface area contributed by atoms with Crippen molar-refractivity contribution in [2.45, 2.75) is 92.3 Å². The highest BCUT2D eigenvalue weighted by atomic mass is 28.3. The van der Waals surface area contributed by atoms with Crippen LogP contribution in [0.4, 0.5) is 0 Å². The van der Waals surface area contributed by atoms with Crippen molar-refractivity contribution in [3.05, 3.63) is 119 Å². The van der Waals surface area contributed by atoms with Crippen molar-refractivity contribution in [3.8, 4) is 0 Å². The second-order valence-corrected chi connectivity index (χ2v) is 15.6. The van der Waals surface area contributed by atoms with Crippen molar-refractivity contribution in [2.75, 3.05) is 7.11 Å². The van der Waals surface area contributed by atoms with Crippen LogP contribution in [0.25, 0.3) is 0 Å². The largest absolute Gasteiger partial charge is 0.469 e. The number of methoxy groups -OCH3 is 1. The number of rotatable bonds is 13. The zero-order valence-corrected chi connectivity index (χ0v) is 30.4. The third-order valence-corrected chi connectivity index (χ3v) is 11.5. The first-order valence-electron chi connectivity index (χ1n) is 16.8. The molecule has 0 N–H and O–H groups in total. The Balaban J connectivity index is 1.97. The second kappa shape index (κ2) is 15.9. The highest BCUT2D eigenvalue weighted by Crippen LogP contribution is 2.54. The Labute approximate surface area is 283 Å². The first kappa shape index (κ1) is 36.1. The van der Waals surface area contributed by atoms with Gasteiger partial charge in [-0.15, -0.1) is 0 Å². The molecule has 249 valence electrons. The van der Waals surface area contributed by atoms with Crippen LogP contribution in [-0.2, 0) is 23.5 Å². The number of benzene rings is 3. The molecule has 1 radical (unpaired) electrons. The van der Waals surface area contributed by atoms with Gasteiger partial charge < -0.3 is 13.9 Å². The van der Waals surface area contributed by atoms with Crippen LogP contribution in [0.3, 0.4) is 0 Å². The van der Waals surface area contributed by atoms with E-state index in [1.54, 1.807) is 0 Å². The molecule has 3 unspecified atom stereocenters. The van der Waals surface area contributed by atoms with Gasteiger partial charge in [-0.25, -0.2) is 0 Å². The predicted octanol–water partition coefficient (Wildman–Crippen LogP) is 8.30. The molecule has 0 heterocycles. The van der Waals surface area contributed by atoms with Crippen molar-refractivity contribution in [1.29, 1.82) is 0 Å². The fraction of sp³-hybridized carbons (Fsp3) is 0.415. The standard InChI is InChI=1S/C41H51O5Si/c1-29-31(3)41(45-32(4)42,46-47(34-23-15-10-16-24-34)35-25-17-11-18-26-35)39(30(2)38(29)40(5,6)7)36(33-21-13-9-14-22-33)27-19-12-20-28-37(43)44-8/h9-11,13-18,21-26,31,36H,12,19-20,27-28H2,1-8H3. The average Bonchev–Trinajstić information content (AvgIpc) is 3.05. The number of unbranched alkanes of at least 4 members (excludes halogenated alkanes) is 2. The van der Waals surface area contributed by atoms with E-state index < -0.39 is 14.8 Å². The van der Waals surface area contributed by atoms with E-state index >= 15 is 0 Å². The molecule has 3 atom stereocenters. The smallest absolute Gasteiger partial charge is 0.305 e. The minimum Gasteiger partial charge on any atom is -0.469 e. The zero-order chi connectivity index (χ0) is 34.2. The molecule has 0 amide bonds. The van der Waals surface area contributed by atoms with Crippen molar-refractivity contribution in [1.82, 2.24) is 0 Å². The van der Waals surface area contributed by atoms with Gasteiger partial charge in [0.05, 0.1) is 7.11 Å². The molecule has 3 aromatic carbocycles. The van der Waals surface area contributed by atoms with Gasteiger partial charge in [0.2, 0.25) is 5.79 Å². The van der Waals surface area contributed by atoms with E-state index in [2.05, 4.69) is 90.1 Å². The first-order chi connectivity index (χ1) is 22.4. The number of hydrogen-bond acceptors (Lipinski definition) is 5. The van der Waals surface area contributed by atoms with Gasteiger partial charge in [-0.3, -0.25) is 9.59 Å². The molecule has 0 aromatic heterocycles. The fourth-order valence-electron chi connectivity index (χ4n) is 7.28. The third-order valence-electron chi connectivity index (χ3n) is 9.29. The highest BCUT2D eigenvalue weighted by Gasteiger charge is 2.54. The number of ether oxygens (including phenoxy) is 2. The maximum atomic E-state index is 13.3. The van der Waals surface area contributed by atoms with Crippen LogP contribution >= 0.6 is 0 Å². The second-order valence-electron chi connectivity index (χ2n) is 13.6. The molecule has 0 fully saturated rings. The Bertz CT molecular complexity index is 1520. The lowest BCUT2D eigenvalue weighted by atomic mass is 9.64. The fourth-order valence-corrected chi connectivity index (χ4v) is 9.47. The van der Waals surface area contributed by atoms with Crippen LogP contribution < -0.4 is 10.4 Å². The summed E-state index contributed by atoms with van der Waals surface area (Å²) in [5.41, 5.74) is 5.61. The van der Waals surface area contributed by atoms with E-state index in [4.69, 9.17) is 13.9 Å². The summed E-state index contributed by atoms with van der Waals surface area (Å²) in [6.45, 7) is 14.8. The van der Waals surface area contributed by atoms with Gasteiger partial charge in [-0.2, -0.15) is 0 Å². The lowest BCUT2D eigenvalue weighted by Gasteiger charge is -2.50. The van der Waals surface area contributed by atoms with Gasteiger partial charge in [-0.1, -0.05) is 137 Å². The summed E-state index contributed by atoms with van der Waals surface area (Å²) in [6.07, 6.45) is 3.75. The van der Waals surface area contributed by atoms with Crippen LogP contribution in [0.15, 0.2) is 113 Å². The predicted molar refractivity (Wildman–Crippen MR) is 192 cm³/mol. The van der Waals surface area contributed by atoms with E-state index in [1.807, 2.05) is 42.5 Å². The van der Waals surface area contributed by atoms with E-state index in [0.717, 1.165) is 52.8 Å². The molecule has 3 aromatic rings. The molecule has 0 saturated heterocycles. The summed E-state index contributed by atoms with van der Waals surface area (Å²) in [6, 6.07) is 31.2. The van der Waals surface area contributed by atoms with Gasteiger partial charge in [0, 0.05) is 30.8 Å². The highest BCUT2D eigenvalue weighted by molar-refractivity contribution is 6.80. The lowest BCUT2D eigenvalue weighted by Crippen LogP contribution is -2.58. The quantitative estimate of drug-likeness (QED) is 0.0806. The Morgan fingerprint density at radius 2 is 1.36 bits per heavy atom. The summed E-state index contributed by atoms with van der Waals surface area (Å²) in [5.74, 6) is -2.24. The number of carbonyl (C=O) groups is 2. The van der Waals surface area contributed by atoms with Crippen molar-refractivity contribution in [3.63, 3.8) is 0 Å². The molecule has 0 bridgehead atoms. The Morgan fingerprint density at radius 1 is 0.830 bits per heavy atom. The molecule has 0 saturated carbocycles. The Hall–Kier alpha value is -3.74. The lowest BCUT2D eigenvalue weighted by molar-refractivity contribution is -0.197. The summed E-state index contributed by atoms with van der Waals surface area (Å²) >= 11 is 0. The molecular weight excluding hydrogens is 601 g/mol. The summed E-state index contributed by atoms with van der Waals surface area (Å²) < 4.78 is 19.1. The zero-order valence-electron chi connectivity index (χ0n) is 29.4. The van der Waals surface area contributed by atoms with E-state index in [1.165, 1.54) is 25.2 Å². The topological polar surface area (TPSA) is 61.8 Å². The van der Waals surface area contributed by atoms with Crippen molar-refractivity contribution in [2.24, 2.45) is 11.3 Å². The van der Waals surface area contributed by atoms with Crippen LogP contribution in [0.2, 0.25) is 0 Å². The Morgan fingerprint density at radius 3 is 1.85 bits per heavy atom. The van der Waals surface area contributed by atoms with Crippen molar-refractivity contribution < 1.29 is 23.5 Å². The molecule has 4 rings (SSSR count). The van der Waals surface area contributed by atoms with Gasteiger partial charge >= 0.3 is 11.9 Å². The maximum absolute atomic E-state index is 13.3. The number of carbonyl (C=O) groups excluding carboxylic acids is 2. The monoisotopic (exact) mass is 651 g/mol. The summed E-state index contributed by atoms with van der Waals surface area (Å²) in [7, 11) is -0.470. The van der Waals surface area contributed by atoms with Crippen LogP contribution in [-0.4, -0.2) is 33.9 Å². The minimum absolute atomic E-state index is 0.0867. The van der Waals surface area contributed by atoms with Crippen LogP contribution in [0.5, 0.6) is 0 Å². The molecule has 6 heteroatoms. The van der Waals surface area contributed by atoms with E-state index in [9.17, 15) is 9.59 Å². The molecule has 1 aliphatic rings. The summed E-state index contributed by atoms with van der Waals surface area (Å²) in [4.78, 5) is 25.2. The van der Waals surface area contributed by atoms with Gasteiger partial charge in [0.15, 0.2) is 0 Å². The van der Waals surface area contributed by atoms with Gasteiger partial charge in [0.25, 0.3) is 9.04 Å². The molecule has 0 aliphatic heterocycles. The number of esters is 2. The van der Waals surface area contributed by atoms with Crippen molar-refractivity contribution >= 4 is 31.4 Å². The van der Waals surface area contributed by atoms with Crippen LogP contribution in [0.1, 0.15) is 92.1 Å². The molecule has 5 nitrogen and oxygen atoms in total. The number of hydrogen-bond donors (Lipinski definition) is 0. The van der Waals surface area contributed by atoms with E-state index in [-0.39, 0.29) is 29.2 Å². The normalized spacial score (nSPS) is 19.1. The molecule has 47 heavy (non-hydrogen) atoms. The van der Waals surface area contributed by atoms with Crippen LogP contribution in [0, 0.1) is 11.3 Å². The van der Waals surface area contributed by atoms with E-state index in [0.29, 0.717) is 6.42 Å². The first-order valence-corrected chi connectivity index (χ1v) is 18.2. The SMILES string of the molecule is COC(=O)CCCCCC(C1=C(C)C(C(C)(C)C)=C(C)C(C)C1(OC(C)=O)O[Si](c1ccccc1)c1ccccc1)c1ccccc1. The average molecular weight is 652 g/mol. The van der Waals surface area contributed by atoms with Gasteiger partial charge in [0.1, 0.15) is 0 Å². The third kappa shape index (κ3) is 8.41. The van der Waals surface area contributed by atoms with Gasteiger partial charge in [-0.05, 0) is 59.2 Å². The Kier molecular flexibility index (Phi) is 12.2. The molecule has 0 spiro atoms. The minimum atomic E-state index is -1.91.